The Morgan fingerprint density at radius 3 is 2.79 bits per heavy atom. The first-order valence-corrected chi connectivity index (χ1v) is 6.47. The van der Waals surface area contributed by atoms with Gasteiger partial charge in [0, 0.05) is 18.2 Å². The van der Waals surface area contributed by atoms with E-state index in [2.05, 4.69) is 22.2 Å². The summed E-state index contributed by atoms with van der Waals surface area (Å²) in [6, 6.07) is 9.86. The first-order chi connectivity index (χ1) is 9.22. The standard InChI is InChI=1S/C15H19N3O/c1-4-8-16-15-10-14(17-11(2)18-15)12-6-5-7-13(9-12)19-3/h5-7,9-10H,4,8H2,1-3H3,(H,16,17,18). The SMILES string of the molecule is CCCNc1cc(-c2cccc(OC)c2)nc(C)n1. The Morgan fingerprint density at radius 2 is 2.05 bits per heavy atom. The van der Waals surface area contributed by atoms with Crippen molar-refractivity contribution >= 4 is 5.82 Å². The normalized spacial score (nSPS) is 10.3. The maximum Gasteiger partial charge on any atom is 0.130 e. The monoisotopic (exact) mass is 257 g/mol. The van der Waals surface area contributed by atoms with Gasteiger partial charge >= 0.3 is 0 Å². The lowest BCUT2D eigenvalue weighted by atomic mass is 10.1. The van der Waals surface area contributed by atoms with E-state index < -0.39 is 0 Å². The van der Waals surface area contributed by atoms with E-state index in [4.69, 9.17) is 4.74 Å². The number of rotatable bonds is 5. The van der Waals surface area contributed by atoms with Crippen molar-refractivity contribution in [1.82, 2.24) is 9.97 Å². The fourth-order valence-corrected chi connectivity index (χ4v) is 1.84. The number of anilines is 1. The quantitative estimate of drug-likeness (QED) is 0.893. The molecule has 0 aliphatic heterocycles. The van der Waals surface area contributed by atoms with Crippen LogP contribution in [0.25, 0.3) is 11.3 Å². The van der Waals surface area contributed by atoms with E-state index in [1.807, 2.05) is 37.3 Å². The summed E-state index contributed by atoms with van der Waals surface area (Å²) in [4.78, 5) is 8.87. The average Bonchev–Trinajstić information content (AvgIpc) is 2.44. The summed E-state index contributed by atoms with van der Waals surface area (Å²) >= 11 is 0. The molecular weight excluding hydrogens is 238 g/mol. The molecule has 0 bridgehead atoms. The Labute approximate surface area is 113 Å². The first kappa shape index (κ1) is 13.3. The van der Waals surface area contributed by atoms with Crippen LogP contribution < -0.4 is 10.1 Å². The Hall–Kier alpha value is -2.10. The predicted molar refractivity (Wildman–Crippen MR) is 77.5 cm³/mol. The van der Waals surface area contributed by atoms with Gasteiger partial charge in [-0.25, -0.2) is 9.97 Å². The van der Waals surface area contributed by atoms with Crippen LogP contribution in [-0.4, -0.2) is 23.6 Å². The summed E-state index contributed by atoms with van der Waals surface area (Å²) in [5.41, 5.74) is 1.94. The van der Waals surface area contributed by atoms with E-state index in [9.17, 15) is 0 Å². The molecule has 19 heavy (non-hydrogen) atoms. The fourth-order valence-electron chi connectivity index (χ4n) is 1.84. The third kappa shape index (κ3) is 3.44. The molecule has 1 aromatic heterocycles. The van der Waals surface area contributed by atoms with Crippen molar-refractivity contribution < 1.29 is 4.74 Å². The van der Waals surface area contributed by atoms with E-state index in [0.29, 0.717) is 0 Å². The molecule has 0 saturated carbocycles. The molecular formula is C15H19N3O. The third-order valence-electron chi connectivity index (χ3n) is 2.76. The van der Waals surface area contributed by atoms with Gasteiger partial charge in [0.2, 0.25) is 0 Å². The Kier molecular flexibility index (Phi) is 4.34. The summed E-state index contributed by atoms with van der Waals surface area (Å²) in [5.74, 6) is 2.46. The van der Waals surface area contributed by atoms with Crippen LogP contribution >= 0.6 is 0 Å². The number of nitrogens with zero attached hydrogens (tertiary/aromatic N) is 2. The van der Waals surface area contributed by atoms with Crippen LogP contribution in [-0.2, 0) is 0 Å². The zero-order chi connectivity index (χ0) is 13.7. The highest BCUT2D eigenvalue weighted by molar-refractivity contribution is 5.64. The van der Waals surface area contributed by atoms with Crippen molar-refractivity contribution in [3.8, 4) is 17.0 Å². The second kappa shape index (κ2) is 6.18. The van der Waals surface area contributed by atoms with Crippen molar-refractivity contribution in [2.75, 3.05) is 19.0 Å². The lowest BCUT2D eigenvalue weighted by Crippen LogP contribution is -2.04. The summed E-state index contributed by atoms with van der Waals surface area (Å²) in [7, 11) is 1.67. The molecule has 4 heteroatoms. The molecule has 0 aliphatic carbocycles. The highest BCUT2D eigenvalue weighted by Gasteiger charge is 2.05. The molecule has 0 spiro atoms. The van der Waals surface area contributed by atoms with Crippen LogP contribution in [0.4, 0.5) is 5.82 Å². The molecule has 1 heterocycles. The number of methoxy groups -OCH3 is 1. The minimum Gasteiger partial charge on any atom is -0.497 e. The van der Waals surface area contributed by atoms with Crippen molar-refractivity contribution in [3.63, 3.8) is 0 Å². The fraction of sp³-hybridized carbons (Fsp3) is 0.333. The number of ether oxygens (including phenoxy) is 1. The highest BCUT2D eigenvalue weighted by atomic mass is 16.5. The number of aromatic nitrogens is 2. The van der Waals surface area contributed by atoms with E-state index >= 15 is 0 Å². The molecule has 100 valence electrons. The van der Waals surface area contributed by atoms with Gasteiger partial charge in [0.05, 0.1) is 12.8 Å². The largest absolute Gasteiger partial charge is 0.497 e. The molecule has 0 radical (unpaired) electrons. The van der Waals surface area contributed by atoms with Crippen LogP contribution in [0, 0.1) is 6.92 Å². The predicted octanol–water partition coefficient (Wildman–Crippen LogP) is 3.28. The van der Waals surface area contributed by atoms with E-state index in [1.54, 1.807) is 7.11 Å². The molecule has 1 aromatic carbocycles. The number of benzene rings is 1. The topological polar surface area (TPSA) is 47.0 Å². The maximum atomic E-state index is 5.24. The van der Waals surface area contributed by atoms with Gasteiger partial charge in [0.15, 0.2) is 0 Å². The highest BCUT2D eigenvalue weighted by Crippen LogP contribution is 2.23. The van der Waals surface area contributed by atoms with E-state index in [0.717, 1.165) is 41.6 Å². The minimum absolute atomic E-state index is 0.763. The molecule has 0 amide bonds. The van der Waals surface area contributed by atoms with Gasteiger partial charge in [-0.05, 0) is 25.5 Å². The lowest BCUT2D eigenvalue weighted by molar-refractivity contribution is 0.415. The number of hydrogen-bond acceptors (Lipinski definition) is 4. The van der Waals surface area contributed by atoms with Crippen molar-refractivity contribution in [3.05, 3.63) is 36.2 Å². The van der Waals surface area contributed by atoms with Gasteiger partial charge < -0.3 is 10.1 Å². The summed E-state index contributed by atoms with van der Waals surface area (Å²) in [6.45, 7) is 4.94. The van der Waals surface area contributed by atoms with Gasteiger partial charge in [0.25, 0.3) is 0 Å². The van der Waals surface area contributed by atoms with E-state index in [1.165, 1.54) is 0 Å². The zero-order valence-corrected chi connectivity index (χ0v) is 11.6. The lowest BCUT2D eigenvalue weighted by Gasteiger charge is -2.08. The van der Waals surface area contributed by atoms with Crippen LogP contribution in [0.3, 0.4) is 0 Å². The van der Waals surface area contributed by atoms with Crippen LogP contribution in [0.15, 0.2) is 30.3 Å². The molecule has 0 atom stereocenters. The van der Waals surface area contributed by atoms with Gasteiger partial charge in [-0.1, -0.05) is 19.1 Å². The summed E-state index contributed by atoms with van der Waals surface area (Å²) < 4.78 is 5.24. The number of aryl methyl sites for hydroxylation is 1. The average molecular weight is 257 g/mol. The molecule has 0 aliphatic rings. The first-order valence-electron chi connectivity index (χ1n) is 6.47. The van der Waals surface area contributed by atoms with Crippen molar-refractivity contribution in [1.29, 1.82) is 0 Å². The summed E-state index contributed by atoms with van der Waals surface area (Å²) in [6.07, 6.45) is 1.07. The minimum atomic E-state index is 0.763. The second-order valence-electron chi connectivity index (χ2n) is 4.34. The molecule has 0 fully saturated rings. The van der Waals surface area contributed by atoms with Gasteiger partial charge in [-0.15, -0.1) is 0 Å². The van der Waals surface area contributed by atoms with Gasteiger partial charge in [0.1, 0.15) is 17.4 Å². The smallest absolute Gasteiger partial charge is 0.130 e. The Morgan fingerprint density at radius 1 is 1.21 bits per heavy atom. The molecule has 1 N–H and O–H groups in total. The number of hydrogen-bond donors (Lipinski definition) is 1. The Balaban J connectivity index is 2.34. The summed E-state index contributed by atoms with van der Waals surface area (Å²) in [5, 5.41) is 3.29. The van der Waals surface area contributed by atoms with Crippen molar-refractivity contribution in [2.24, 2.45) is 0 Å². The van der Waals surface area contributed by atoms with Gasteiger partial charge in [-0.3, -0.25) is 0 Å². The zero-order valence-electron chi connectivity index (χ0n) is 11.6. The molecule has 0 unspecified atom stereocenters. The number of nitrogens with one attached hydrogen (secondary N) is 1. The van der Waals surface area contributed by atoms with Crippen LogP contribution in [0.5, 0.6) is 5.75 Å². The maximum absolute atomic E-state index is 5.24. The van der Waals surface area contributed by atoms with Gasteiger partial charge in [-0.2, -0.15) is 0 Å². The Bertz CT molecular complexity index is 555. The second-order valence-corrected chi connectivity index (χ2v) is 4.34. The van der Waals surface area contributed by atoms with E-state index in [-0.39, 0.29) is 0 Å². The van der Waals surface area contributed by atoms with Crippen molar-refractivity contribution in [2.45, 2.75) is 20.3 Å². The molecule has 4 nitrogen and oxygen atoms in total. The molecule has 2 rings (SSSR count). The third-order valence-corrected chi connectivity index (χ3v) is 2.76. The van der Waals surface area contributed by atoms with Crippen LogP contribution in [0.2, 0.25) is 0 Å². The molecule has 0 saturated heterocycles. The molecule has 2 aromatic rings. The van der Waals surface area contributed by atoms with Crippen LogP contribution in [0.1, 0.15) is 19.2 Å².